The molecular formula is C19H14ClNO3. The van der Waals surface area contributed by atoms with Gasteiger partial charge in [0.15, 0.2) is 11.5 Å². The molecule has 0 bridgehead atoms. The quantitative estimate of drug-likeness (QED) is 0.676. The van der Waals surface area contributed by atoms with Crippen LogP contribution in [-0.2, 0) is 0 Å². The van der Waals surface area contributed by atoms with Crippen LogP contribution < -0.4 is 5.32 Å². The molecule has 0 spiro atoms. The van der Waals surface area contributed by atoms with Crippen molar-refractivity contribution in [1.82, 2.24) is 0 Å². The van der Waals surface area contributed by atoms with E-state index in [-0.39, 0.29) is 11.5 Å². The van der Waals surface area contributed by atoms with Gasteiger partial charge in [-0.2, -0.15) is 0 Å². The minimum Gasteiger partial charge on any atom is -0.451 e. The second-order valence-electron chi connectivity index (χ2n) is 5.23. The second kappa shape index (κ2) is 6.72. The lowest BCUT2D eigenvalue weighted by molar-refractivity contribution is 0.0997. The fourth-order valence-electron chi connectivity index (χ4n) is 2.31. The van der Waals surface area contributed by atoms with Crippen LogP contribution in [0.25, 0.3) is 11.3 Å². The lowest BCUT2D eigenvalue weighted by atomic mass is 10.1. The summed E-state index contributed by atoms with van der Waals surface area (Å²) in [5, 5.41) is 3.34. The third-order valence-corrected chi connectivity index (χ3v) is 3.77. The van der Waals surface area contributed by atoms with Crippen LogP contribution in [0.1, 0.15) is 27.8 Å². The molecule has 0 atom stereocenters. The molecule has 1 heterocycles. The van der Waals surface area contributed by atoms with Crippen molar-refractivity contribution in [2.75, 3.05) is 5.32 Å². The highest BCUT2D eigenvalue weighted by Gasteiger charge is 2.15. The van der Waals surface area contributed by atoms with Gasteiger partial charge in [0.05, 0.1) is 5.69 Å². The first-order chi connectivity index (χ1) is 11.5. The number of anilines is 1. The maximum atomic E-state index is 12.4. The van der Waals surface area contributed by atoms with Crippen LogP contribution >= 0.6 is 11.6 Å². The lowest BCUT2D eigenvalue weighted by Gasteiger charge is -2.07. The van der Waals surface area contributed by atoms with Crippen molar-refractivity contribution in [2.24, 2.45) is 0 Å². The Morgan fingerprint density at radius 3 is 2.38 bits per heavy atom. The standard InChI is InChI=1S/C19H14ClNO3/c1-12(22)15-4-2-3-5-16(15)21-19(23)18-11-10-17(24-18)13-6-8-14(20)9-7-13/h2-11H,1H3,(H,21,23). The fourth-order valence-corrected chi connectivity index (χ4v) is 2.44. The van der Waals surface area contributed by atoms with Crippen LogP contribution in [0, 0.1) is 0 Å². The molecule has 0 fully saturated rings. The van der Waals surface area contributed by atoms with E-state index in [0.29, 0.717) is 22.0 Å². The highest BCUT2D eigenvalue weighted by molar-refractivity contribution is 6.30. The van der Waals surface area contributed by atoms with Crippen molar-refractivity contribution < 1.29 is 14.0 Å². The predicted octanol–water partition coefficient (Wildman–Crippen LogP) is 5.05. The molecule has 120 valence electrons. The number of para-hydroxylation sites is 1. The second-order valence-corrected chi connectivity index (χ2v) is 5.66. The molecule has 0 saturated heterocycles. The van der Waals surface area contributed by atoms with E-state index < -0.39 is 5.91 Å². The van der Waals surface area contributed by atoms with E-state index in [0.717, 1.165) is 5.56 Å². The molecule has 0 saturated carbocycles. The molecule has 3 aromatic rings. The van der Waals surface area contributed by atoms with Crippen molar-refractivity contribution in [2.45, 2.75) is 6.92 Å². The Morgan fingerprint density at radius 2 is 1.67 bits per heavy atom. The number of ketones is 1. The highest BCUT2D eigenvalue weighted by Crippen LogP contribution is 2.24. The fraction of sp³-hybridized carbons (Fsp3) is 0.0526. The molecule has 4 nitrogen and oxygen atoms in total. The van der Waals surface area contributed by atoms with Crippen molar-refractivity contribution in [3.63, 3.8) is 0 Å². The summed E-state index contributed by atoms with van der Waals surface area (Å²) >= 11 is 5.86. The van der Waals surface area contributed by atoms with Crippen LogP contribution in [-0.4, -0.2) is 11.7 Å². The Bertz CT molecular complexity index is 897. The van der Waals surface area contributed by atoms with Crippen molar-refractivity contribution in [3.05, 3.63) is 77.0 Å². The Hall–Kier alpha value is -2.85. The van der Waals surface area contributed by atoms with Gasteiger partial charge in [0, 0.05) is 16.1 Å². The summed E-state index contributed by atoms with van der Waals surface area (Å²) in [6.07, 6.45) is 0. The summed E-state index contributed by atoms with van der Waals surface area (Å²) in [7, 11) is 0. The number of rotatable bonds is 4. The van der Waals surface area contributed by atoms with E-state index >= 15 is 0 Å². The molecule has 5 heteroatoms. The number of amides is 1. The molecule has 3 rings (SSSR count). The molecule has 0 aliphatic rings. The molecule has 2 aromatic carbocycles. The van der Waals surface area contributed by atoms with E-state index in [1.165, 1.54) is 6.92 Å². The topological polar surface area (TPSA) is 59.3 Å². The molecule has 0 radical (unpaired) electrons. The minimum atomic E-state index is -0.413. The van der Waals surface area contributed by atoms with Crippen LogP contribution in [0.3, 0.4) is 0 Å². The van der Waals surface area contributed by atoms with Crippen molar-refractivity contribution >= 4 is 29.0 Å². The monoisotopic (exact) mass is 339 g/mol. The van der Waals surface area contributed by atoms with Gasteiger partial charge in [-0.3, -0.25) is 9.59 Å². The summed E-state index contributed by atoms with van der Waals surface area (Å²) < 4.78 is 5.60. The lowest BCUT2D eigenvalue weighted by Crippen LogP contribution is -2.13. The summed E-state index contributed by atoms with van der Waals surface area (Å²) in [6.45, 7) is 1.45. The summed E-state index contributed by atoms with van der Waals surface area (Å²) in [5.74, 6) is 0.200. The Labute approximate surface area is 144 Å². The summed E-state index contributed by atoms with van der Waals surface area (Å²) in [5.41, 5.74) is 1.73. The largest absolute Gasteiger partial charge is 0.451 e. The molecule has 24 heavy (non-hydrogen) atoms. The van der Waals surface area contributed by atoms with Gasteiger partial charge in [-0.1, -0.05) is 23.7 Å². The first-order valence-electron chi connectivity index (χ1n) is 7.31. The first-order valence-corrected chi connectivity index (χ1v) is 7.69. The van der Waals surface area contributed by atoms with Gasteiger partial charge in [-0.25, -0.2) is 0 Å². The highest BCUT2D eigenvalue weighted by atomic mass is 35.5. The van der Waals surface area contributed by atoms with Crippen molar-refractivity contribution in [3.8, 4) is 11.3 Å². The van der Waals surface area contributed by atoms with Gasteiger partial charge in [-0.15, -0.1) is 0 Å². The van der Waals surface area contributed by atoms with Gasteiger partial charge in [0.2, 0.25) is 0 Å². The number of benzene rings is 2. The first kappa shape index (κ1) is 16.0. The van der Waals surface area contributed by atoms with Gasteiger partial charge in [-0.05, 0) is 55.5 Å². The number of halogens is 1. The predicted molar refractivity (Wildman–Crippen MR) is 93.6 cm³/mol. The number of furan rings is 1. The van der Waals surface area contributed by atoms with Crippen LogP contribution in [0.4, 0.5) is 5.69 Å². The third-order valence-electron chi connectivity index (χ3n) is 3.51. The SMILES string of the molecule is CC(=O)c1ccccc1NC(=O)c1ccc(-c2ccc(Cl)cc2)o1. The van der Waals surface area contributed by atoms with E-state index in [1.807, 2.05) is 12.1 Å². The minimum absolute atomic E-state index is 0.118. The molecule has 1 aromatic heterocycles. The Morgan fingerprint density at radius 1 is 0.958 bits per heavy atom. The summed E-state index contributed by atoms with van der Waals surface area (Å²) in [4.78, 5) is 24.0. The normalized spacial score (nSPS) is 10.4. The average molecular weight is 340 g/mol. The molecule has 1 N–H and O–H groups in total. The number of nitrogens with one attached hydrogen (secondary N) is 1. The maximum Gasteiger partial charge on any atom is 0.291 e. The van der Waals surface area contributed by atoms with Gasteiger partial charge >= 0.3 is 0 Å². The summed E-state index contributed by atoms with van der Waals surface area (Å²) in [6, 6.07) is 17.3. The van der Waals surface area contributed by atoms with E-state index in [2.05, 4.69) is 5.32 Å². The molecule has 1 amide bonds. The smallest absolute Gasteiger partial charge is 0.291 e. The average Bonchev–Trinajstić information content (AvgIpc) is 3.06. The number of carbonyl (C=O) groups is 2. The third kappa shape index (κ3) is 3.39. The number of hydrogen-bond acceptors (Lipinski definition) is 3. The van der Waals surface area contributed by atoms with E-state index in [1.54, 1.807) is 48.5 Å². The zero-order valence-corrected chi connectivity index (χ0v) is 13.6. The molecule has 0 aliphatic carbocycles. The zero-order valence-electron chi connectivity index (χ0n) is 12.9. The van der Waals surface area contributed by atoms with Gasteiger partial charge in [0.25, 0.3) is 5.91 Å². The molecule has 0 aliphatic heterocycles. The number of Topliss-reactive ketones (excluding diaryl/α,β-unsaturated/α-hetero) is 1. The maximum absolute atomic E-state index is 12.4. The van der Waals surface area contributed by atoms with Gasteiger partial charge < -0.3 is 9.73 Å². The van der Waals surface area contributed by atoms with E-state index in [9.17, 15) is 9.59 Å². The van der Waals surface area contributed by atoms with Crippen LogP contribution in [0.15, 0.2) is 65.1 Å². The van der Waals surface area contributed by atoms with Crippen LogP contribution in [0.5, 0.6) is 0 Å². The molecule has 0 unspecified atom stereocenters. The number of carbonyl (C=O) groups excluding carboxylic acids is 2. The van der Waals surface area contributed by atoms with Crippen molar-refractivity contribution in [1.29, 1.82) is 0 Å². The Balaban J connectivity index is 1.82. The number of hydrogen-bond donors (Lipinski definition) is 1. The van der Waals surface area contributed by atoms with E-state index in [4.69, 9.17) is 16.0 Å². The Kier molecular flexibility index (Phi) is 4.49. The van der Waals surface area contributed by atoms with Crippen LogP contribution in [0.2, 0.25) is 5.02 Å². The van der Waals surface area contributed by atoms with Gasteiger partial charge in [0.1, 0.15) is 5.76 Å². The molecular weight excluding hydrogens is 326 g/mol. The zero-order chi connectivity index (χ0) is 17.1.